The highest BCUT2D eigenvalue weighted by molar-refractivity contribution is 7.79. The zero-order valence-electron chi connectivity index (χ0n) is 24.1. The van der Waals surface area contributed by atoms with Gasteiger partial charge in [0.05, 0.1) is 22.7 Å². The van der Waals surface area contributed by atoms with Crippen molar-refractivity contribution in [2.45, 2.75) is 40.5 Å². The summed E-state index contributed by atoms with van der Waals surface area (Å²) in [5.41, 5.74) is 8.46. The van der Waals surface area contributed by atoms with Crippen LogP contribution >= 0.6 is 0 Å². The van der Waals surface area contributed by atoms with Gasteiger partial charge in [0.2, 0.25) is 10.8 Å². The quantitative estimate of drug-likeness (QED) is 0.0919. The van der Waals surface area contributed by atoms with Gasteiger partial charge in [0, 0.05) is 33.7 Å². The zero-order chi connectivity index (χ0) is 31.8. The Balaban J connectivity index is 0.000000260. The van der Waals surface area contributed by atoms with Gasteiger partial charge in [-0.1, -0.05) is 50.2 Å². The molecule has 13 heteroatoms. The first-order valence-corrected chi connectivity index (χ1v) is 14.4. The topological polar surface area (TPSA) is 186 Å². The van der Waals surface area contributed by atoms with Crippen molar-refractivity contribution < 1.29 is 17.5 Å². The molecular weight excluding hydrogens is 568 g/mol. The van der Waals surface area contributed by atoms with Crippen LogP contribution in [-0.2, 0) is 23.2 Å². The van der Waals surface area contributed by atoms with Crippen LogP contribution in [0.1, 0.15) is 36.1 Å². The van der Waals surface area contributed by atoms with Crippen LogP contribution < -0.4 is 0 Å². The number of hydrogen-bond acceptors (Lipinski definition) is 10. The first-order valence-electron chi connectivity index (χ1n) is 13.1. The summed E-state index contributed by atoms with van der Waals surface area (Å²) >= 11 is 0. The van der Waals surface area contributed by atoms with Gasteiger partial charge in [0.25, 0.3) is 0 Å². The van der Waals surface area contributed by atoms with Crippen molar-refractivity contribution in [3.05, 3.63) is 117 Å². The standard InChI is InChI=1S/2C15H15N4.H2O4S/c2*1-3-12-10-13(8-9-15(12)17-16)18-19-14-7-5-4-6-11(14)2;1-5(2,3)4/h2*4-10H,3H2,1-2H3;(H2,1,2,3,4)/q2*+1;/p-2/b2*19-18+;. The average Bonchev–Trinajstić information content (AvgIpc) is 2.99. The summed E-state index contributed by atoms with van der Waals surface area (Å²) < 4.78 is 34.1. The van der Waals surface area contributed by atoms with Gasteiger partial charge in [-0.15, -0.1) is 0 Å². The monoisotopic (exact) mass is 598 g/mol. The normalized spacial score (nSPS) is 10.7. The lowest BCUT2D eigenvalue weighted by Crippen LogP contribution is -1.91. The van der Waals surface area contributed by atoms with E-state index in [-0.39, 0.29) is 0 Å². The Morgan fingerprint density at radius 1 is 0.628 bits per heavy atom. The molecule has 0 radical (unpaired) electrons. The van der Waals surface area contributed by atoms with Crippen LogP contribution in [0.25, 0.3) is 9.95 Å². The van der Waals surface area contributed by atoms with E-state index in [0.29, 0.717) is 11.4 Å². The molecule has 0 saturated carbocycles. The Labute approximate surface area is 250 Å². The lowest BCUT2D eigenvalue weighted by Gasteiger charge is -2.06. The van der Waals surface area contributed by atoms with E-state index in [9.17, 15) is 0 Å². The second-order valence-corrected chi connectivity index (χ2v) is 9.73. The molecule has 0 aliphatic heterocycles. The smallest absolute Gasteiger partial charge is 0.388 e. The fourth-order valence-electron chi connectivity index (χ4n) is 3.60. The maximum absolute atomic E-state index is 8.86. The fourth-order valence-corrected chi connectivity index (χ4v) is 3.60. The number of azo groups is 2. The van der Waals surface area contributed by atoms with Crippen molar-refractivity contribution >= 4 is 44.5 Å². The van der Waals surface area contributed by atoms with E-state index in [1.165, 1.54) is 0 Å². The van der Waals surface area contributed by atoms with Gasteiger partial charge in [-0.3, -0.25) is 8.42 Å². The lowest BCUT2D eigenvalue weighted by molar-refractivity contribution is 0.352. The number of nitrogens with zero attached hydrogens (tertiary/aromatic N) is 8. The van der Waals surface area contributed by atoms with Crippen LogP contribution in [0.5, 0.6) is 0 Å². The summed E-state index contributed by atoms with van der Waals surface area (Å²) in [6, 6.07) is 26.5. The molecule has 0 amide bonds. The minimum absolute atomic E-state index is 0.581. The summed E-state index contributed by atoms with van der Waals surface area (Å²) in [5, 5.41) is 34.6. The predicted molar refractivity (Wildman–Crippen MR) is 162 cm³/mol. The van der Waals surface area contributed by atoms with Gasteiger partial charge in [-0.05, 0) is 74.2 Å². The van der Waals surface area contributed by atoms with Gasteiger partial charge in [-0.2, -0.15) is 20.5 Å². The highest BCUT2D eigenvalue weighted by Crippen LogP contribution is 2.28. The minimum Gasteiger partial charge on any atom is -0.759 e. The molecule has 0 heterocycles. The Bertz CT molecular complexity index is 1670. The van der Waals surface area contributed by atoms with Gasteiger partial charge >= 0.3 is 11.4 Å². The Morgan fingerprint density at radius 2 is 0.977 bits per heavy atom. The maximum Gasteiger partial charge on any atom is 0.388 e. The van der Waals surface area contributed by atoms with Gasteiger partial charge in [-0.25, -0.2) is 0 Å². The van der Waals surface area contributed by atoms with E-state index < -0.39 is 10.4 Å². The second kappa shape index (κ2) is 16.9. The molecule has 0 fully saturated rings. The van der Waals surface area contributed by atoms with E-state index in [1.807, 2.05) is 88.4 Å². The molecule has 12 nitrogen and oxygen atoms in total. The van der Waals surface area contributed by atoms with E-state index in [2.05, 4.69) is 30.4 Å². The molecule has 0 N–H and O–H groups in total. The van der Waals surface area contributed by atoms with Crippen molar-refractivity contribution in [3.8, 4) is 0 Å². The Hall–Kier alpha value is -5.21. The summed E-state index contributed by atoms with van der Waals surface area (Å²) in [7, 11) is -5.17. The van der Waals surface area contributed by atoms with Crippen LogP contribution in [0, 0.1) is 24.6 Å². The molecule has 0 unspecified atom stereocenters. The van der Waals surface area contributed by atoms with Gasteiger partial charge in [0.15, 0.2) is 9.95 Å². The molecule has 0 saturated heterocycles. The number of hydrogen-bond donors (Lipinski definition) is 0. The van der Waals surface area contributed by atoms with Crippen LogP contribution in [0.15, 0.2) is 105 Å². The molecular formula is C30H30N8O4S. The molecule has 0 spiro atoms. The average molecular weight is 599 g/mol. The largest absolute Gasteiger partial charge is 0.759 e. The van der Waals surface area contributed by atoms with Crippen molar-refractivity contribution in [2.24, 2.45) is 20.5 Å². The summed E-state index contributed by atoms with van der Waals surface area (Å²) in [6.45, 7) is 8.01. The number of benzene rings is 4. The van der Waals surface area contributed by atoms with Crippen molar-refractivity contribution in [3.63, 3.8) is 0 Å². The predicted octanol–water partition coefficient (Wildman–Crippen LogP) is 9.58. The van der Waals surface area contributed by atoms with Gasteiger partial charge < -0.3 is 9.11 Å². The molecule has 0 atom stereocenters. The molecule has 43 heavy (non-hydrogen) atoms. The van der Waals surface area contributed by atoms with Crippen LogP contribution in [0.3, 0.4) is 0 Å². The number of diazo groups is 2. The van der Waals surface area contributed by atoms with Gasteiger partial charge in [0.1, 0.15) is 0 Å². The maximum atomic E-state index is 8.86. The summed E-state index contributed by atoms with van der Waals surface area (Å²) in [6.07, 6.45) is 1.57. The van der Waals surface area contributed by atoms with Crippen molar-refractivity contribution in [2.75, 3.05) is 0 Å². The first-order chi connectivity index (χ1) is 20.5. The van der Waals surface area contributed by atoms with E-state index in [0.717, 1.165) is 57.8 Å². The van der Waals surface area contributed by atoms with Crippen LogP contribution in [0.2, 0.25) is 0 Å². The molecule has 0 aliphatic rings. The minimum atomic E-state index is -5.17. The van der Waals surface area contributed by atoms with E-state index in [4.69, 9.17) is 28.3 Å². The molecule has 4 aromatic carbocycles. The lowest BCUT2D eigenvalue weighted by atomic mass is 10.1. The number of aryl methyl sites for hydroxylation is 4. The third kappa shape index (κ3) is 12.0. The molecule has 220 valence electrons. The van der Waals surface area contributed by atoms with E-state index >= 15 is 0 Å². The highest BCUT2D eigenvalue weighted by atomic mass is 32.3. The molecule has 4 aromatic rings. The third-order valence-electron chi connectivity index (χ3n) is 5.88. The molecule has 0 bridgehead atoms. The third-order valence-corrected chi connectivity index (χ3v) is 5.88. The SMILES string of the molecule is CCc1cc(/N=N/c2ccccc2C)ccc1[N+]#N.CCc1cc(/N=N/c2ccccc2C)ccc1[N+]#N.O=S(=O)([O-])[O-]. The molecule has 0 aromatic heterocycles. The molecule has 0 aliphatic carbocycles. The number of rotatable bonds is 6. The fraction of sp³-hybridized carbons (Fsp3) is 0.200. The summed E-state index contributed by atoms with van der Waals surface area (Å²) in [4.78, 5) is 6.49. The van der Waals surface area contributed by atoms with Crippen LogP contribution in [-0.4, -0.2) is 17.5 Å². The van der Waals surface area contributed by atoms with E-state index in [1.54, 1.807) is 24.3 Å². The van der Waals surface area contributed by atoms with Crippen molar-refractivity contribution in [1.29, 1.82) is 10.8 Å². The van der Waals surface area contributed by atoms with Crippen molar-refractivity contribution in [1.82, 2.24) is 0 Å². The summed E-state index contributed by atoms with van der Waals surface area (Å²) in [5.74, 6) is 0. The highest BCUT2D eigenvalue weighted by Gasteiger charge is 2.13. The van der Waals surface area contributed by atoms with Crippen LogP contribution in [0.4, 0.5) is 34.1 Å². The zero-order valence-corrected chi connectivity index (χ0v) is 24.9. The Kier molecular flexibility index (Phi) is 13.4. The Morgan fingerprint density at radius 3 is 1.28 bits per heavy atom. The molecule has 4 rings (SSSR count). The second-order valence-electron chi connectivity index (χ2n) is 8.91. The first kappa shape index (κ1) is 34.0.